The quantitative estimate of drug-likeness (QED) is 0.774. The fourth-order valence-corrected chi connectivity index (χ4v) is 2.84. The summed E-state index contributed by atoms with van der Waals surface area (Å²) in [6.07, 6.45) is 2.00. The summed E-state index contributed by atoms with van der Waals surface area (Å²) >= 11 is 0. The number of hydrogen-bond acceptors (Lipinski definition) is 5. The molecule has 6 nitrogen and oxygen atoms in total. The molecule has 0 amide bonds. The third-order valence-corrected chi connectivity index (χ3v) is 4.14. The van der Waals surface area contributed by atoms with Crippen molar-refractivity contribution in [3.63, 3.8) is 0 Å². The van der Waals surface area contributed by atoms with E-state index in [0.717, 1.165) is 16.8 Å². The molecule has 1 N–H and O–H groups in total. The predicted molar refractivity (Wildman–Crippen MR) is 91.8 cm³/mol. The summed E-state index contributed by atoms with van der Waals surface area (Å²) in [7, 11) is 0. The van der Waals surface area contributed by atoms with Crippen LogP contribution in [0.25, 0.3) is 5.70 Å². The van der Waals surface area contributed by atoms with Crippen LogP contribution < -0.4 is 10.1 Å². The molecule has 1 aromatic heterocycles. The first-order valence-electron chi connectivity index (χ1n) is 7.99. The number of fused-ring (bicyclic) bond motifs is 1. The highest BCUT2D eigenvalue weighted by atomic mass is 19.3. The number of aromatic nitrogens is 4. The third-order valence-electron chi connectivity index (χ3n) is 4.14. The minimum atomic E-state index is -2.85. The van der Waals surface area contributed by atoms with Crippen LogP contribution in [0.15, 0.2) is 54.6 Å². The predicted octanol–water partition coefficient (Wildman–Crippen LogP) is 3.64. The van der Waals surface area contributed by atoms with E-state index in [-0.39, 0.29) is 11.8 Å². The molecule has 3 aromatic rings. The molecule has 0 saturated carbocycles. The van der Waals surface area contributed by atoms with Crippen molar-refractivity contribution in [2.24, 2.45) is 0 Å². The van der Waals surface area contributed by atoms with Crippen LogP contribution in [0.4, 0.5) is 14.7 Å². The van der Waals surface area contributed by atoms with Crippen LogP contribution in [0.3, 0.4) is 0 Å². The normalized spacial score (nSPS) is 16.0. The average molecular weight is 355 g/mol. The SMILES string of the molecule is Cc1ccc(C2=CC(c3ccc(OC(F)F)cc3)n3nnnc3N2)cc1. The highest BCUT2D eigenvalue weighted by molar-refractivity contribution is 5.77. The van der Waals surface area contributed by atoms with E-state index in [1.54, 1.807) is 16.8 Å². The number of alkyl halides is 2. The second-order valence-corrected chi connectivity index (χ2v) is 5.91. The Kier molecular flexibility index (Phi) is 4.08. The van der Waals surface area contributed by atoms with Crippen LogP contribution >= 0.6 is 0 Å². The van der Waals surface area contributed by atoms with Crippen molar-refractivity contribution in [3.8, 4) is 5.75 Å². The summed E-state index contributed by atoms with van der Waals surface area (Å²) in [5.41, 5.74) is 3.91. The Morgan fingerprint density at radius 2 is 1.81 bits per heavy atom. The zero-order chi connectivity index (χ0) is 18.1. The van der Waals surface area contributed by atoms with Crippen molar-refractivity contribution in [3.05, 3.63) is 71.3 Å². The summed E-state index contributed by atoms with van der Waals surface area (Å²) in [5.74, 6) is 0.623. The van der Waals surface area contributed by atoms with E-state index < -0.39 is 6.61 Å². The smallest absolute Gasteiger partial charge is 0.387 e. The Morgan fingerprint density at radius 1 is 1.08 bits per heavy atom. The van der Waals surface area contributed by atoms with Crippen molar-refractivity contribution in [1.82, 2.24) is 20.2 Å². The molecule has 132 valence electrons. The van der Waals surface area contributed by atoms with Crippen molar-refractivity contribution < 1.29 is 13.5 Å². The zero-order valence-corrected chi connectivity index (χ0v) is 13.8. The van der Waals surface area contributed by atoms with Crippen molar-refractivity contribution in [1.29, 1.82) is 0 Å². The highest BCUT2D eigenvalue weighted by Crippen LogP contribution is 2.32. The number of allylic oxidation sites excluding steroid dienone is 1. The molecule has 2 heterocycles. The standard InChI is InChI=1S/C18H15F2N5O/c1-11-2-4-12(5-3-11)15-10-16(25-18(21-15)22-23-24-25)13-6-8-14(9-7-13)26-17(19)20/h2-10,16-17H,1H3,(H,21,22,24). The Balaban J connectivity index is 1.70. The fraction of sp³-hybridized carbons (Fsp3) is 0.167. The van der Waals surface area contributed by atoms with E-state index in [4.69, 9.17) is 0 Å². The van der Waals surface area contributed by atoms with Gasteiger partial charge in [-0.25, -0.2) is 0 Å². The molecule has 0 saturated heterocycles. The molecule has 1 unspecified atom stereocenters. The molecule has 0 bridgehead atoms. The second-order valence-electron chi connectivity index (χ2n) is 5.91. The number of nitrogens with one attached hydrogen (secondary N) is 1. The lowest BCUT2D eigenvalue weighted by molar-refractivity contribution is -0.0498. The molecular formula is C18H15F2N5O. The largest absolute Gasteiger partial charge is 0.435 e. The number of halogens is 2. The average Bonchev–Trinajstić information content (AvgIpc) is 3.10. The summed E-state index contributed by atoms with van der Waals surface area (Å²) in [6.45, 7) is -0.822. The molecule has 0 aliphatic carbocycles. The molecule has 1 aliphatic heterocycles. The van der Waals surface area contributed by atoms with Crippen LogP contribution in [0.1, 0.15) is 22.7 Å². The molecule has 0 fully saturated rings. The van der Waals surface area contributed by atoms with E-state index in [1.807, 2.05) is 37.3 Å². The number of tetrazole rings is 1. The molecule has 4 rings (SSSR count). The van der Waals surface area contributed by atoms with E-state index in [0.29, 0.717) is 5.95 Å². The van der Waals surface area contributed by atoms with Crippen LogP contribution in [-0.2, 0) is 0 Å². The zero-order valence-electron chi connectivity index (χ0n) is 13.8. The van der Waals surface area contributed by atoms with Gasteiger partial charge in [0.1, 0.15) is 11.8 Å². The van der Waals surface area contributed by atoms with Crippen LogP contribution in [0.5, 0.6) is 5.75 Å². The Hall–Kier alpha value is -3.29. The molecule has 0 radical (unpaired) electrons. The van der Waals surface area contributed by atoms with Crippen LogP contribution in [0, 0.1) is 6.92 Å². The molecule has 8 heteroatoms. The van der Waals surface area contributed by atoms with Gasteiger partial charge in [-0.1, -0.05) is 47.1 Å². The van der Waals surface area contributed by atoms with E-state index in [1.165, 1.54) is 17.7 Å². The lowest BCUT2D eigenvalue weighted by atomic mass is 10.0. The van der Waals surface area contributed by atoms with Gasteiger partial charge in [-0.15, -0.1) is 0 Å². The maximum atomic E-state index is 12.3. The van der Waals surface area contributed by atoms with Gasteiger partial charge in [0, 0.05) is 5.70 Å². The number of anilines is 1. The molecule has 2 aromatic carbocycles. The lowest BCUT2D eigenvalue weighted by Gasteiger charge is -2.23. The van der Waals surface area contributed by atoms with Gasteiger partial charge in [0.15, 0.2) is 0 Å². The molecule has 26 heavy (non-hydrogen) atoms. The van der Waals surface area contributed by atoms with Crippen molar-refractivity contribution in [2.45, 2.75) is 19.6 Å². The van der Waals surface area contributed by atoms with Gasteiger partial charge in [-0.2, -0.15) is 13.5 Å². The van der Waals surface area contributed by atoms with Gasteiger partial charge in [0.2, 0.25) is 5.95 Å². The summed E-state index contributed by atoms with van der Waals surface area (Å²) in [6, 6.07) is 14.3. The number of benzene rings is 2. The highest BCUT2D eigenvalue weighted by Gasteiger charge is 2.24. The van der Waals surface area contributed by atoms with Gasteiger partial charge in [0.05, 0.1) is 0 Å². The minimum Gasteiger partial charge on any atom is -0.435 e. The fourth-order valence-electron chi connectivity index (χ4n) is 2.84. The number of rotatable bonds is 4. The van der Waals surface area contributed by atoms with Gasteiger partial charge >= 0.3 is 6.61 Å². The number of hydrogen-bond donors (Lipinski definition) is 1. The molecule has 1 atom stereocenters. The molecule has 0 spiro atoms. The van der Waals surface area contributed by atoms with Gasteiger partial charge in [-0.3, -0.25) is 0 Å². The van der Waals surface area contributed by atoms with E-state index in [9.17, 15) is 8.78 Å². The van der Waals surface area contributed by atoms with Crippen molar-refractivity contribution >= 4 is 11.6 Å². The van der Waals surface area contributed by atoms with E-state index >= 15 is 0 Å². The number of ether oxygens (including phenoxy) is 1. The summed E-state index contributed by atoms with van der Waals surface area (Å²) in [4.78, 5) is 0. The maximum Gasteiger partial charge on any atom is 0.387 e. The second kappa shape index (κ2) is 6.55. The van der Waals surface area contributed by atoms with Gasteiger partial charge < -0.3 is 10.1 Å². The topological polar surface area (TPSA) is 64.9 Å². The first-order valence-corrected chi connectivity index (χ1v) is 7.99. The van der Waals surface area contributed by atoms with Gasteiger partial charge in [-0.05, 0) is 46.7 Å². The molecular weight excluding hydrogens is 340 g/mol. The molecule has 1 aliphatic rings. The third kappa shape index (κ3) is 3.13. The first-order chi connectivity index (χ1) is 12.6. The minimum absolute atomic E-state index is 0.109. The Morgan fingerprint density at radius 3 is 2.50 bits per heavy atom. The van der Waals surface area contributed by atoms with E-state index in [2.05, 4.69) is 25.6 Å². The Labute approximate surface area is 148 Å². The van der Waals surface area contributed by atoms with Crippen LogP contribution in [-0.4, -0.2) is 26.8 Å². The Bertz CT molecular complexity index is 935. The van der Waals surface area contributed by atoms with Crippen molar-refractivity contribution in [2.75, 3.05) is 5.32 Å². The maximum absolute atomic E-state index is 12.3. The first kappa shape index (κ1) is 16.2. The monoisotopic (exact) mass is 355 g/mol. The summed E-state index contributed by atoms with van der Waals surface area (Å²) < 4.78 is 30.7. The summed E-state index contributed by atoms with van der Waals surface area (Å²) in [5, 5.41) is 15.0. The van der Waals surface area contributed by atoms with Gasteiger partial charge in [0.25, 0.3) is 0 Å². The lowest BCUT2D eigenvalue weighted by Crippen LogP contribution is -2.20. The van der Waals surface area contributed by atoms with Crippen LogP contribution in [0.2, 0.25) is 0 Å². The number of aryl methyl sites for hydroxylation is 1. The number of nitrogens with zero attached hydrogens (tertiary/aromatic N) is 4.